The Kier molecular flexibility index (Phi) is 3.85. The highest BCUT2D eigenvalue weighted by molar-refractivity contribution is 9.10. The molecule has 0 radical (unpaired) electrons. The first-order valence-corrected chi connectivity index (χ1v) is 6.52. The Labute approximate surface area is 109 Å². The summed E-state index contributed by atoms with van der Waals surface area (Å²) in [5, 5.41) is 10.4. The Balaban J connectivity index is 2.10. The van der Waals surface area contributed by atoms with Crippen molar-refractivity contribution in [2.45, 2.75) is 25.4 Å². The quantitative estimate of drug-likeness (QED) is 0.930. The summed E-state index contributed by atoms with van der Waals surface area (Å²) in [6, 6.07) is 4.85. The number of halogens is 2. The first-order valence-electron chi connectivity index (χ1n) is 5.73. The molecule has 0 spiro atoms. The van der Waals surface area contributed by atoms with Crippen LogP contribution in [0.15, 0.2) is 22.7 Å². The molecule has 2 atom stereocenters. The van der Waals surface area contributed by atoms with Crippen LogP contribution in [0.25, 0.3) is 0 Å². The molecule has 0 bridgehead atoms. The van der Waals surface area contributed by atoms with Crippen LogP contribution >= 0.6 is 15.9 Å². The van der Waals surface area contributed by atoms with Crippen molar-refractivity contribution in [3.05, 3.63) is 34.1 Å². The molecule has 1 aliphatic heterocycles. The summed E-state index contributed by atoms with van der Waals surface area (Å²) in [4.78, 5) is 0. The van der Waals surface area contributed by atoms with E-state index in [2.05, 4.69) is 15.9 Å². The van der Waals surface area contributed by atoms with Gasteiger partial charge in [-0.2, -0.15) is 0 Å². The molecule has 1 saturated heterocycles. The van der Waals surface area contributed by atoms with Crippen molar-refractivity contribution < 1.29 is 14.2 Å². The van der Waals surface area contributed by atoms with Crippen molar-refractivity contribution >= 4 is 15.9 Å². The summed E-state index contributed by atoms with van der Waals surface area (Å²) in [6.45, 7) is 3.15. The highest BCUT2D eigenvalue weighted by Gasteiger charge is 2.34. The maximum Gasteiger partial charge on any atom is 0.137 e. The van der Waals surface area contributed by atoms with Crippen LogP contribution in [-0.2, 0) is 11.2 Å². The molecule has 0 amide bonds. The van der Waals surface area contributed by atoms with Crippen LogP contribution in [0.1, 0.15) is 18.9 Å². The fourth-order valence-electron chi connectivity index (χ4n) is 2.23. The van der Waals surface area contributed by atoms with E-state index in [1.807, 2.05) is 6.92 Å². The fraction of sp³-hybridized carbons (Fsp3) is 0.538. The second kappa shape index (κ2) is 5.04. The zero-order chi connectivity index (χ0) is 12.5. The number of rotatable bonds is 3. The molecule has 0 aliphatic carbocycles. The van der Waals surface area contributed by atoms with Crippen molar-refractivity contribution in [1.29, 1.82) is 0 Å². The number of aliphatic hydroxyl groups is 1. The van der Waals surface area contributed by atoms with Crippen molar-refractivity contribution in [2.75, 3.05) is 13.2 Å². The molecule has 2 nitrogen and oxygen atoms in total. The molecule has 4 heteroatoms. The third-order valence-corrected chi connectivity index (χ3v) is 3.96. The number of hydrogen-bond donors (Lipinski definition) is 1. The zero-order valence-corrected chi connectivity index (χ0v) is 11.3. The van der Waals surface area contributed by atoms with E-state index in [0.29, 0.717) is 24.1 Å². The summed E-state index contributed by atoms with van der Waals surface area (Å²) in [6.07, 6.45) is 1.40. The second-order valence-electron chi connectivity index (χ2n) is 4.84. The van der Waals surface area contributed by atoms with E-state index in [0.717, 1.165) is 12.0 Å². The minimum atomic E-state index is -0.798. The van der Waals surface area contributed by atoms with Gasteiger partial charge in [0.15, 0.2) is 0 Å². The lowest BCUT2D eigenvalue weighted by molar-refractivity contribution is -0.00456. The van der Waals surface area contributed by atoms with Gasteiger partial charge in [0.25, 0.3) is 0 Å². The molecule has 1 N–H and O–H groups in total. The molecule has 1 heterocycles. The Morgan fingerprint density at radius 2 is 2.35 bits per heavy atom. The van der Waals surface area contributed by atoms with E-state index in [-0.39, 0.29) is 11.7 Å². The standard InChI is InChI=1S/C13H16BrFO2/c1-13(16,10-4-5-17-8-10)7-9-2-3-12(15)11(14)6-9/h2-3,6,10,16H,4-5,7-8H2,1H3. The summed E-state index contributed by atoms with van der Waals surface area (Å²) in [5.74, 6) is -0.121. The van der Waals surface area contributed by atoms with Gasteiger partial charge in [-0.05, 0) is 47.0 Å². The number of hydrogen-bond acceptors (Lipinski definition) is 2. The van der Waals surface area contributed by atoms with E-state index in [9.17, 15) is 9.50 Å². The molecule has 2 unspecified atom stereocenters. The summed E-state index contributed by atoms with van der Waals surface area (Å²) >= 11 is 3.16. The van der Waals surface area contributed by atoms with Crippen molar-refractivity contribution in [1.82, 2.24) is 0 Å². The molecule has 2 rings (SSSR count). The second-order valence-corrected chi connectivity index (χ2v) is 5.70. The van der Waals surface area contributed by atoms with E-state index < -0.39 is 5.60 Å². The third kappa shape index (κ3) is 3.06. The molecule has 0 aromatic heterocycles. The predicted molar refractivity (Wildman–Crippen MR) is 67.4 cm³/mol. The Hall–Kier alpha value is -0.450. The van der Waals surface area contributed by atoms with E-state index in [1.54, 1.807) is 12.1 Å². The van der Waals surface area contributed by atoms with Crippen LogP contribution in [0.4, 0.5) is 4.39 Å². The lowest BCUT2D eigenvalue weighted by Crippen LogP contribution is -2.37. The van der Waals surface area contributed by atoms with Gasteiger partial charge in [-0.3, -0.25) is 0 Å². The summed E-state index contributed by atoms with van der Waals surface area (Å²) < 4.78 is 18.8. The van der Waals surface area contributed by atoms with Gasteiger partial charge in [-0.15, -0.1) is 0 Å². The highest BCUT2D eigenvalue weighted by Crippen LogP contribution is 2.30. The minimum Gasteiger partial charge on any atom is -0.389 e. The van der Waals surface area contributed by atoms with Crippen LogP contribution < -0.4 is 0 Å². The van der Waals surface area contributed by atoms with Gasteiger partial charge < -0.3 is 9.84 Å². The SMILES string of the molecule is CC(O)(Cc1ccc(F)c(Br)c1)C1CCOC1. The molecule has 94 valence electrons. The number of benzene rings is 1. The zero-order valence-electron chi connectivity index (χ0n) is 9.75. The first-order chi connectivity index (χ1) is 7.99. The molecular formula is C13H16BrFO2. The summed E-state index contributed by atoms with van der Waals surface area (Å²) in [7, 11) is 0. The molecule has 1 fully saturated rings. The van der Waals surface area contributed by atoms with Crippen molar-refractivity contribution in [3.8, 4) is 0 Å². The molecule has 1 aromatic carbocycles. The monoisotopic (exact) mass is 302 g/mol. The van der Waals surface area contributed by atoms with Crippen molar-refractivity contribution in [2.24, 2.45) is 5.92 Å². The van der Waals surface area contributed by atoms with Gasteiger partial charge in [-0.1, -0.05) is 6.07 Å². The first kappa shape index (κ1) is 13.0. The Morgan fingerprint density at radius 3 is 2.94 bits per heavy atom. The molecule has 17 heavy (non-hydrogen) atoms. The van der Waals surface area contributed by atoms with Crippen LogP contribution in [-0.4, -0.2) is 23.9 Å². The Morgan fingerprint density at radius 1 is 1.59 bits per heavy atom. The number of ether oxygens (including phenoxy) is 1. The van der Waals surface area contributed by atoms with E-state index in [1.165, 1.54) is 6.07 Å². The fourth-order valence-corrected chi connectivity index (χ4v) is 2.66. The largest absolute Gasteiger partial charge is 0.389 e. The summed E-state index contributed by atoms with van der Waals surface area (Å²) in [5.41, 5.74) is 0.128. The van der Waals surface area contributed by atoms with Crippen LogP contribution in [0, 0.1) is 11.7 Å². The van der Waals surface area contributed by atoms with Crippen molar-refractivity contribution in [3.63, 3.8) is 0 Å². The van der Waals surface area contributed by atoms with Gasteiger partial charge in [0.1, 0.15) is 5.82 Å². The minimum absolute atomic E-state index is 0.159. The topological polar surface area (TPSA) is 29.5 Å². The normalized spacial score (nSPS) is 23.6. The van der Waals surface area contributed by atoms with E-state index in [4.69, 9.17) is 4.74 Å². The van der Waals surface area contributed by atoms with Gasteiger partial charge in [0.05, 0.1) is 16.7 Å². The maximum atomic E-state index is 13.1. The molecule has 0 saturated carbocycles. The lowest BCUT2D eigenvalue weighted by atomic mass is 9.83. The van der Waals surface area contributed by atoms with Crippen LogP contribution in [0.5, 0.6) is 0 Å². The molecular weight excluding hydrogens is 287 g/mol. The molecule has 1 aliphatic rings. The van der Waals surface area contributed by atoms with Crippen LogP contribution in [0.3, 0.4) is 0 Å². The van der Waals surface area contributed by atoms with Gasteiger partial charge in [0, 0.05) is 18.9 Å². The Bertz CT molecular complexity index is 400. The lowest BCUT2D eigenvalue weighted by Gasteiger charge is -2.29. The van der Waals surface area contributed by atoms with Gasteiger partial charge >= 0.3 is 0 Å². The van der Waals surface area contributed by atoms with E-state index >= 15 is 0 Å². The predicted octanol–water partition coefficient (Wildman–Crippen LogP) is 2.92. The van der Waals surface area contributed by atoms with Gasteiger partial charge in [0.2, 0.25) is 0 Å². The average Bonchev–Trinajstić information content (AvgIpc) is 2.77. The highest BCUT2D eigenvalue weighted by atomic mass is 79.9. The van der Waals surface area contributed by atoms with Crippen LogP contribution in [0.2, 0.25) is 0 Å². The smallest absolute Gasteiger partial charge is 0.137 e. The van der Waals surface area contributed by atoms with Gasteiger partial charge in [-0.25, -0.2) is 4.39 Å². The maximum absolute atomic E-state index is 13.1. The third-order valence-electron chi connectivity index (χ3n) is 3.36. The average molecular weight is 303 g/mol. The molecule has 1 aromatic rings.